The normalized spacial score (nSPS) is 15.0. The second-order valence-electron chi connectivity index (χ2n) is 8.88. The fourth-order valence-electron chi connectivity index (χ4n) is 3.42. The number of alkyl halides is 3. The van der Waals surface area contributed by atoms with E-state index in [-0.39, 0.29) is 36.1 Å². The molecule has 0 spiro atoms. The van der Waals surface area contributed by atoms with E-state index in [1.807, 2.05) is 27.0 Å². The average molecular weight is 473 g/mol. The van der Waals surface area contributed by atoms with Gasteiger partial charge in [-0.3, -0.25) is 9.48 Å². The van der Waals surface area contributed by atoms with E-state index in [4.69, 9.17) is 4.74 Å². The first-order valence-electron chi connectivity index (χ1n) is 10.3. The lowest BCUT2D eigenvalue weighted by molar-refractivity contribution is -0.0328. The number of halogens is 3. The Morgan fingerprint density at radius 1 is 1.25 bits per heavy atom. The number of hydrogen-bond donors (Lipinski definition) is 1. The van der Waals surface area contributed by atoms with Crippen LogP contribution in [-0.4, -0.2) is 63.2 Å². The number of carbonyl (C=O) groups is 2. The van der Waals surface area contributed by atoms with Crippen LogP contribution in [0.25, 0.3) is 10.9 Å². The Bertz CT molecular complexity index is 995. The lowest BCUT2D eigenvalue weighted by Gasteiger charge is -2.39. The summed E-state index contributed by atoms with van der Waals surface area (Å²) in [5.41, 5.74) is -2.99. The number of ether oxygens (including phenoxy) is 1. The number of amides is 2. The first-order valence-corrected chi connectivity index (χ1v) is 11.2. The first-order chi connectivity index (χ1) is 14.8. The van der Waals surface area contributed by atoms with Gasteiger partial charge in [0.25, 0.3) is 5.91 Å². The van der Waals surface area contributed by atoms with Crippen molar-refractivity contribution in [2.24, 2.45) is 5.92 Å². The highest BCUT2D eigenvalue weighted by Gasteiger charge is 2.34. The Morgan fingerprint density at radius 3 is 2.56 bits per heavy atom. The Hall–Kier alpha value is -2.43. The molecule has 32 heavy (non-hydrogen) atoms. The van der Waals surface area contributed by atoms with Crippen LogP contribution in [0.5, 0.6) is 0 Å². The van der Waals surface area contributed by atoms with Crippen molar-refractivity contribution in [1.29, 1.82) is 0 Å². The number of thioether (sulfide) groups is 1. The summed E-state index contributed by atoms with van der Waals surface area (Å²) in [7, 11) is 0. The molecule has 0 bridgehead atoms. The van der Waals surface area contributed by atoms with Crippen LogP contribution in [0.4, 0.5) is 18.0 Å². The Morgan fingerprint density at radius 2 is 1.94 bits per heavy atom. The van der Waals surface area contributed by atoms with Crippen molar-refractivity contribution in [2.45, 2.75) is 45.3 Å². The van der Waals surface area contributed by atoms with E-state index in [1.54, 1.807) is 28.6 Å². The summed E-state index contributed by atoms with van der Waals surface area (Å²) >= 11 is -0.162. The maximum absolute atomic E-state index is 12.4. The predicted molar refractivity (Wildman–Crippen MR) is 117 cm³/mol. The molecule has 1 fully saturated rings. The Balaban J connectivity index is 1.56. The van der Waals surface area contributed by atoms with Crippen molar-refractivity contribution in [3.05, 3.63) is 29.5 Å². The third kappa shape index (κ3) is 6.54. The van der Waals surface area contributed by atoms with Crippen molar-refractivity contribution in [3.63, 3.8) is 0 Å². The molecule has 0 radical (unpaired) electrons. The summed E-state index contributed by atoms with van der Waals surface area (Å²) in [6, 6.07) is 3.49. The van der Waals surface area contributed by atoms with E-state index < -0.39 is 17.0 Å². The average Bonchev–Trinajstić information content (AvgIpc) is 2.99. The summed E-state index contributed by atoms with van der Waals surface area (Å²) in [6.07, 6.45) is 1.51. The van der Waals surface area contributed by atoms with Crippen LogP contribution < -0.4 is 5.32 Å². The molecule has 3 rings (SSSR count). The topological polar surface area (TPSA) is 76.5 Å². The first kappa shape index (κ1) is 24.2. The molecule has 1 N–H and O–H groups in total. The van der Waals surface area contributed by atoms with E-state index in [9.17, 15) is 22.8 Å². The van der Waals surface area contributed by atoms with E-state index in [2.05, 4.69) is 10.4 Å². The largest absolute Gasteiger partial charge is 0.444 e. The molecule has 1 saturated heterocycles. The third-order valence-electron chi connectivity index (χ3n) is 4.85. The number of nitrogens with one attached hydrogen (secondary N) is 1. The summed E-state index contributed by atoms with van der Waals surface area (Å²) < 4.78 is 43.8. The fraction of sp³-hybridized carbons (Fsp3) is 0.571. The number of likely N-dealkylation sites (tertiary alicyclic amines) is 1. The summed E-state index contributed by atoms with van der Waals surface area (Å²) in [5, 5.41) is 7.85. The van der Waals surface area contributed by atoms with Gasteiger partial charge in [-0.25, -0.2) is 4.79 Å². The summed E-state index contributed by atoms with van der Waals surface area (Å²) in [6.45, 7) is 8.99. The summed E-state index contributed by atoms with van der Waals surface area (Å²) in [4.78, 5) is 26.1. The van der Waals surface area contributed by atoms with Gasteiger partial charge in [-0.05, 0) is 57.2 Å². The number of fused-ring (bicyclic) bond motifs is 1. The monoisotopic (exact) mass is 472 g/mol. The van der Waals surface area contributed by atoms with Gasteiger partial charge < -0.3 is 15.0 Å². The van der Waals surface area contributed by atoms with Gasteiger partial charge in [-0.2, -0.15) is 18.3 Å². The van der Waals surface area contributed by atoms with E-state index in [0.29, 0.717) is 30.8 Å². The Labute approximate surface area is 188 Å². The minimum atomic E-state index is -4.31. The van der Waals surface area contributed by atoms with Crippen LogP contribution >= 0.6 is 11.8 Å². The van der Waals surface area contributed by atoms with Crippen LogP contribution in [0.3, 0.4) is 0 Å². The minimum absolute atomic E-state index is 0.0738. The standard InChI is InChI=1S/C21H27F3N4O3S/c1-13-7-17-15(8-16(13)18(29)25-5-6-32-21(22,23)24)12-28(26-17)11-14-9-27(10-14)19(30)31-20(2,3)4/h7-8,12,14H,5-6,9-11H2,1-4H3,(H,25,29). The van der Waals surface area contributed by atoms with Gasteiger partial charge in [0.05, 0.1) is 5.52 Å². The number of aromatic nitrogens is 2. The molecule has 2 amide bonds. The van der Waals surface area contributed by atoms with Gasteiger partial charge in [0, 0.05) is 55.0 Å². The SMILES string of the molecule is Cc1cc2nn(CC3CN(C(=O)OC(C)(C)C)C3)cc2cc1C(=O)NCCSC(F)(F)F. The van der Waals surface area contributed by atoms with Gasteiger partial charge >= 0.3 is 11.6 Å². The van der Waals surface area contributed by atoms with Crippen molar-refractivity contribution in [1.82, 2.24) is 20.0 Å². The maximum atomic E-state index is 12.4. The van der Waals surface area contributed by atoms with Crippen molar-refractivity contribution < 1.29 is 27.5 Å². The van der Waals surface area contributed by atoms with Crippen LogP contribution in [0, 0.1) is 12.8 Å². The highest BCUT2D eigenvalue weighted by molar-refractivity contribution is 8.00. The zero-order valence-electron chi connectivity index (χ0n) is 18.5. The predicted octanol–water partition coefficient (Wildman–Crippen LogP) is 4.19. The number of hydrogen-bond acceptors (Lipinski definition) is 5. The zero-order valence-corrected chi connectivity index (χ0v) is 19.3. The zero-order chi connectivity index (χ0) is 23.7. The maximum Gasteiger partial charge on any atom is 0.441 e. The molecule has 11 heteroatoms. The molecule has 1 aromatic heterocycles. The molecule has 0 unspecified atom stereocenters. The van der Waals surface area contributed by atoms with Crippen LogP contribution in [0.2, 0.25) is 0 Å². The van der Waals surface area contributed by atoms with E-state index in [1.165, 1.54) is 0 Å². The molecule has 0 atom stereocenters. The highest BCUT2D eigenvalue weighted by atomic mass is 32.2. The second-order valence-corrected chi connectivity index (χ2v) is 10.0. The van der Waals surface area contributed by atoms with E-state index in [0.717, 1.165) is 10.9 Å². The third-order valence-corrected chi connectivity index (χ3v) is 5.59. The van der Waals surface area contributed by atoms with Gasteiger partial charge in [0.15, 0.2) is 0 Å². The molecule has 1 aliphatic heterocycles. The van der Waals surface area contributed by atoms with Crippen molar-refractivity contribution in [2.75, 3.05) is 25.4 Å². The van der Waals surface area contributed by atoms with Crippen molar-refractivity contribution in [3.8, 4) is 0 Å². The van der Waals surface area contributed by atoms with Crippen molar-refractivity contribution >= 4 is 34.7 Å². The number of benzene rings is 1. The fourth-order valence-corrected chi connectivity index (χ4v) is 3.85. The van der Waals surface area contributed by atoms with Gasteiger partial charge in [0.2, 0.25) is 0 Å². The summed E-state index contributed by atoms with van der Waals surface area (Å²) in [5.74, 6) is -0.394. The molecule has 176 valence electrons. The molecule has 2 heterocycles. The highest BCUT2D eigenvalue weighted by Crippen LogP contribution is 2.29. The molecule has 0 aliphatic carbocycles. The van der Waals surface area contributed by atoms with Gasteiger partial charge in [-0.15, -0.1) is 0 Å². The molecule has 1 aromatic carbocycles. The lowest BCUT2D eigenvalue weighted by Crippen LogP contribution is -2.52. The van der Waals surface area contributed by atoms with Gasteiger partial charge in [0.1, 0.15) is 5.60 Å². The lowest BCUT2D eigenvalue weighted by atomic mass is 10.0. The number of nitrogens with zero attached hydrogens (tertiary/aromatic N) is 3. The molecular weight excluding hydrogens is 445 g/mol. The smallest absolute Gasteiger partial charge is 0.441 e. The van der Waals surface area contributed by atoms with E-state index >= 15 is 0 Å². The minimum Gasteiger partial charge on any atom is -0.444 e. The van der Waals surface area contributed by atoms with Crippen LogP contribution in [0.15, 0.2) is 18.3 Å². The number of carbonyl (C=O) groups excluding carboxylic acids is 2. The second kappa shape index (κ2) is 9.21. The molecule has 0 saturated carbocycles. The number of aryl methyl sites for hydroxylation is 1. The van der Waals surface area contributed by atoms with Gasteiger partial charge in [-0.1, -0.05) is 0 Å². The molecular formula is C21H27F3N4O3S. The van der Waals surface area contributed by atoms with Crippen LogP contribution in [-0.2, 0) is 11.3 Å². The molecule has 1 aliphatic rings. The quantitative estimate of drug-likeness (QED) is 0.638. The molecule has 2 aromatic rings. The molecule has 7 nitrogen and oxygen atoms in total. The Kier molecular flexibility index (Phi) is 6.97. The van der Waals surface area contributed by atoms with Crippen LogP contribution in [0.1, 0.15) is 36.7 Å². The number of rotatable bonds is 6.